The fourth-order valence-corrected chi connectivity index (χ4v) is 4.11. The first-order chi connectivity index (χ1) is 14.5. The number of nitrogens with one attached hydrogen (secondary N) is 1. The van der Waals surface area contributed by atoms with Gasteiger partial charge in [-0.3, -0.25) is 14.4 Å². The number of nitrogens with zero attached hydrogens (tertiary/aromatic N) is 2. The molecule has 0 unspecified atom stereocenters. The number of benzene rings is 1. The minimum Gasteiger partial charge on any atom is -0.497 e. The molecule has 4 rings (SSSR count). The summed E-state index contributed by atoms with van der Waals surface area (Å²) in [6, 6.07) is 5.10. The number of fused-ring (bicyclic) bond motifs is 1. The van der Waals surface area contributed by atoms with Gasteiger partial charge in [-0.25, -0.2) is 0 Å². The smallest absolute Gasteiger partial charge is 0.255 e. The van der Waals surface area contributed by atoms with Crippen LogP contribution in [-0.4, -0.2) is 86.2 Å². The third-order valence-electron chi connectivity index (χ3n) is 6.01. The lowest BCUT2D eigenvalue weighted by atomic mass is 9.94. The highest BCUT2D eigenvalue weighted by Crippen LogP contribution is 2.35. The van der Waals surface area contributed by atoms with Gasteiger partial charge in [0.25, 0.3) is 5.91 Å². The third kappa shape index (κ3) is 4.21. The van der Waals surface area contributed by atoms with E-state index in [4.69, 9.17) is 14.2 Å². The first kappa shape index (κ1) is 20.5. The quantitative estimate of drug-likeness (QED) is 0.766. The Morgan fingerprint density at radius 2 is 2.00 bits per heavy atom. The molecule has 1 aromatic carbocycles. The second kappa shape index (κ2) is 8.51. The van der Waals surface area contributed by atoms with Gasteiger partial charge in [0.05, 0.1) is 39.0 Å². The molecule has 0 bridgehead atoms. The first-order valence-corrected chi connectivity index (χ1v) is 10.3. The number of hydrogen-bond donors (Lipinski definition) is 1. The summed E-state index contributed by atoms with van der Waals surface area (Å²) < 4.78 is 16.9. The molecule has 3 aliphatic heterocycles. The number of carbonyl (C=O) groups excluding carboxylic acids is 3. The molecule has 3 amide bonds. The van der Waals surface area contributed by atoms with Gasteiger partial charge in [0.1, 0.15) is 17.1 Å². The fourth-order valence-electron chi connectivity index (χ4n) is 4.11. The lowest BCUT2D eigenvalue weighted by Gasteiger charge is -2.32. The van der Waals surface area contributed by atoms with Crippen LogP contribution in [0, 0.1) is 0 Å². The predicted octanol–water partition coefficient (Wildman–Crippen LogP) is 0.428. The number of amides is 3. The van der Waals surface area contributed by atoms with E-state index in [-0.39, 0.29) is 30.7 Å². The zero-order chi connectivity index (χ0) is 21.1. The zero-order valence-corrected chi connectivity index (χ0v) is 17.1. The average Bonchev–Trinajstić information content (AvgIpc) is 3.01. The van der Waals surface area contributed by atoms with Crippen molar-refractivity contribution in [3.8, 4) is 11.5 Å². The van der Waals surface area contributed by atoms with Gasteiger partial charge in [0.15, 0.2) is 0 Å². The van der Waals surface area contributed by atoms with Gasteiger partial charge < -0.3 is 29.3 Å². The monoisotopic (exact) mass is 417 g/mol. The summed E-state index contributed by atoms with van der Waals surface area (Å²) >= 11 is 0. The van der Waals surface area contributed by atoms with Crippen LogP contribution in [0.25, 0.3) is 0 Å². The lowest BCUT2D eigenvalue weighted by molar-refractivity contribution is -0.142. The Morgan fingerprint density at radius 1 is 1.20 bits per heavy atom. The lowest BCUT2D eigenvalue weighted by Crippen LogP contribution is -2.48. The van der Waals surface area contributed by atoms with Crippen molar-refractivity contribution in [2.24, 2.45) is 0 Å². The number of carbonyl (C=O) groups is 3. The minimum atomic E-state index is -0.709. The van der Waals surface area contributed by atoms with Crippen molar-refractivity contribution in [3.63, 3.8) is 0 Å². The van der Waals surface area contributed by atoms with Crippen molar-refractivity contribution in [2.75, 3.05) is 53.0 Å². The van der Waals surface area contributed by atoms with E-state index in [1.807, 2.05) is 0 Å². The summed E-state index contributed by atoms with van der Waals surface area (Å²) in [5.41, 5.74) is -0.262. The van der Waals surface area contributed by atoms with E-state index in [1.54, 1.807) is 35.1 Å². The summed E-state index contributed by atoms with van der Waals surface area (Å²) in [5.74, 6) is 0.710. The Bertz CT molecular complexity index is 838. The van der Waals surface area contributed by atoms with Crippen molar-refractivity contribution in [1.29, 1.82) is 0 Å². The van der Waals surface area contributed by atoms with Gasteiger partial charge in [-0.15, -0.1) is 0 Å². The summed E-state index contributed by atoms with van der Waals surface area (Å²) in [4.78, 5) is 41.2. The van der Waals surface area contributed by atoms with E-state index < -0.39 is 5.60 Å². The van der Waals surface area contributed by atoms with Gasteiger partial charge in [-0.1, -0.05) is 0 Å². The Kier molecular flexibility index (Phi) is 5.80. The number of methoxy groups -OCH3 is 1. The minimum absolute atomic E-state index is 0.0612. The van der Waals surface area contributed by atoms with Crippen LogP contribution in [0.3, 0.4) is 0 Å². The van der Waals surface area contributed by atoms with Crippen LogP contribution < -0.4 is 14.8 Å². The van der Waals surface area contributed by atoms with Crippen LogP contribution in [0.2, 0.25) is 0 Å². The van der Waals surface area contributed by atoms with Crippen LogP contribution >= 0.6 is 0 Å². The highest BCUT2D eigenvalue weighted by atomic mass is 16.5. The second-order valence-electron chi connectivity index (χ2n) is 7.89. The van der Waals surface area contributed by atoms with Gasteiger partial charge in [-0.2, -0.15) is 0 Å². The standard InChI is InChI=1S/C21H27N3O6/c1-28-15-2-3-16-17(12-15)30-21(14-22-20(16)27)5-4-18(25)24(7-6-21)13-19(26)23-8-10-29-11-9-23/h2-3,12H,4-11,13-14H2,1H3,(H,22,27)/t21-/m1/s1. The molecule has 2 saturated heterocycles. The molecule has 1 aromatic rings. The molecular formula is C21H27N3O6. The number of rotatable bonds is 3. The molecule has 30 heavy (non-hydrogen) atoms. The fraction of sp³-hybridized carbons (Fsp3) is 0.571. The highest BCUT2D eigenvalue weighted by molar-refractivity contribution is 5.97. The topological polar surface area (TPSA) is 97.4 Å². The molecule has 0 aromatic heterocycles. The summed E-state index contributed by atoms with van der Waals surface area (Å²) in [5, 5.41) is 2.93. The van der Waals surface area contributed by atoms with Crippen LogP contribution in [0.1, 0.15) is 29.6 Å². The Labute approximate surface area is 175 Å². The molecule has 1 spiro atoms. The third-order valence-corrected chi connectivity index (χ3v) is 6.01. The molecule has 1 atom stereocenters. The number of morpholine rings is 1. The van der Waals surface area contributed by atoms with Crippen molar-refractivity contribution >= 4 is 17.7 Å². The van der Waals surface area contributed by atoms with E-state index >= 15 is 0 Å². The summed E-state index contributed by atoms with van der Waals surface area (Å²) in [6.45, 7) is 2.92. The van der Waals surface area contributed by atoms with Crippen LogP contribution in [0.15, 0.2) is 18.2 Å². The first-order valence-electron chi connectivity index (χ1n) is 10.3. The number of likely N-dealkylation sites (tertiary alicyclic amines) is 1. The Balaban J connectivity index is 1.48. The van der Waals surface area contributed by atoms with Crippen molar-refractivity contribution in [3.05, 3.63) is 23.8 Å². The maximum absolute atomic E-state index is 12.7. The SMILES string of the molecule is COc1ccc2c(c1)O[C@@]1(CCC(=O)N(CC(=O)N3CCOCC3)CC1)CNC2=O. The Hall–Kier alpha value is -2.81. The molecule has 162 valence electrons. The maximum atomic E-state index is 12.7. The maximum Gasteiger partial charge on any atom is 0.255 e. The van der Waals surface area contributed by atoms with E-state index in [2.05, 4.69) is 5.32 Å². The molecule has 0 aliphatic carbocycles. The predicted molar refractivity (Wildman–Crippen MR) is 107 cm³/mol. The molecule has 9 nitrogen and oxygen atoms in total. The summed E-state index contributed by atoms with van der Waals surface area (Å²) in [7, 11) is 1.56. The van der Waals surface area contributed by atoms with Crippen molar-refractivity contribution in [1.82, 2.24) is 15.1 Å². The number of ether oxygens (including phenoxy) is 3. The van der Waals surface area contributed by atoms with Gasteiger partial charge in [0, 0.05) is 38.5 Å². The molecule has 3 aliphatic rings. The normalized spacial score (nSPS) is 24.4. The molecule has 0 saturated carbocycles. The zero-order valence-electron chi connectivity index (χ0n) is 17.1. The van der Waals surface area contributed by atoms with Crippen LogP contribution in [0.5, 0.6) is 11.5 Å². The summed E-state index contributed by atoms with van der Waals surface area (Å²) in [6.07, 6.45) is 1.24. The largest absolute Gasteiger partial charge is 0.497 e. The number of hydrogen-bond acceptors (Lipinski definition) is 6. The van der Waals surface area contributed by atoms with E-state index in [1.165, 1.54) is 0 Å². The van der Waals surface area contributed by atoms with E-state index in [9.17, 15) is 14.4 Å². The molecule has 0 radical (unpaired) electrons. The molecular weight excluding hydrogens is 390 g/mol. The van der Waals surface area contributed by atoms with Crippen molar-refractivity contribution < 1.29 is 28.6 Å². The molecule has 3 heterocycles. The van der Waals surface area contributed by atoms with E-state index in [0.717, 1.165) is 0 Å². The van der Waals surface area contributed by atoms with Gasteiger partial charge >= 0.3 is 0 Å². The van der Waals surface area contributed by atoms with Gasteiger partial charge in [0.2, 0.25) is 11.8 Å². The highest BCUT2D eigenvalue weighted by Gasteiger charge is 2.41. The molecule has 2 fully saturated rings. The average molecular weight is 417 g/mol. The van der Waals surface area contributed by atoms with Gasteiger partial charge in [-0.05, 0) is 18.6 Å². The molecule has 1 N–H and O–H groups in total. The van der Waals surface area contributed by atoms with Crippen molar-refractivity contribution in [2.45, 2.75) is 24.9 Å². The van der Waals surface area contributed by atoms with Crippen LogP contribution in [-0.2, 0) is 14.3 Å². The van der Waals surface area contributed by atoms with Crippen LogP contribution in [0.4, 0.5) is 0 Å². The van der Waals surface area contributed by atoms with E-state index in [0.29, 0.717) is 69.3 Å². The molecule has 9 heteroatoms. The Morgan fingerprint density at radius 3 is 2.77 bits per heavy atom. The second-order valence-corrected chi connectivity index (χ2v) is 7.89.